The molecule has 4 aliphatic carbocycles. The molecule has 0 amide bonds. The molecular formula is C34H54O8. The predicted molar refractivity (Wildman–Crippen MR) is 156 cm³/mol. The number of fused-ring (bicyclic) bond motifs is 5. The number of carbonyl (C=O) groups excluding carboxylic acids is 3. The first kappa shape index (κ1) is 31.7. The van der Waals surface area contributed by atoms with Gasteiger partial charge in [-0.15, -0.1) is 0 Å². The van der Waals surface area contributed by atoms with Crippen LogP contribution in [0.15, 0.2) is 0 Å². The van der Waals surface area contributed by atoms with Crippen molar-refractivity contribution in [3.63, 3.8) is 0 Å². The molecule has 0 bridgehead atoms. The molecule has 1 heterocycles. The Morgan fingerprint density at radius 2 is 1.69 bits per heavy atom. The smallest absolute Gasteiger partial charge is 0.305 e. The summed E-state index contributed by atoms with van der Waals surface area (Å²) in [6, 6.07) is 0. The van der Waals surface area contributed by atoms with Crippen LogP contribution < -0.4 is 0 Å². The average molecular weight is 591 g/mol. The van der Waals surface area contributed by atoms with Gasteiger partial charge >= 0.3 is 17.9 Å². The van der Waals surface area contributed by atoms with Crippen LogP contribution in [0.3, 0.4) is 0 Å². The van der Waals surface area contributed by atoms with E-state index in [0.717, 1.165) is 77.2 Å². The van der Waals surface area contributed by atoms with Crippen molar-refractivity contribution in [2.75, 3.05) is 13.7 Å². The van der Waals surface area contributed by atoms with E-state index in [9.17, 15) is 14.4 Å². The minimum Gasteiger partial charge on any atom is -0.469 e. The number of hydrogen-bond acceptors (Lipinski definition) is 8. The van der Waals surface area contributed by atoms with Crippen LogP contribution in [-0.2, 0) is 38.1 Å². The highest BCUT2D eigenvalue weighted by molar-refractivity contribution is 5.69. The van der Waals surface area contributed by atoms with Crippen LogP contribution in [0.4, 0.5) is 0 Å². The van der Waals surface area contributed by atoms with E-state index in [-0.39, 0.29) is 71.1 Å². The van der Waals surface area contributed by atoms with E-state index in [1.165, 1.54) is 21.0 Å². The zero-order valence-electron chi connectivity index (χ0n) is 26.7. The lowest BCUT2D eigenvalue weighted by Gasteiger charge is -2.64. The van der Waals surface area contributed by atoms with Crippen LogP contribution >= 0.6 is 0 Å². The molecule has 0 radical (unpaired) electrons. The fourth-order valence-corrected chi connectivity index (χ4v) is 10.6. The van der Waals surface area contributed by atoms with Gasteiger partial charge in [0.15, 0.2) is 6.29 Å². The van der Waals surface area contributed by atoms with Crippen molar-refractivity contribution < 1.29 is 38.1 Å². The molecule has 5 rings (SSSR count). The lowest BCUT2D eigenvalue weighted by atomic mass is 9.43. The molecule has 5 aliphatic rings. The van der Waals surface area contributed by atoms with Gasteiger partial charge in [0.2, 0.25) is 0 Å². The number of hydrogen-bond donors (Lipinski definition) is 0. The van der Waals surface area contributed by atoms with E-state index < -0.39 is 0 Å². The largest absolute Gasteiger partial charge is 0.469 e. The standard InChI is InChI=1S/C34H54O8/c1-20(10-13-30(37)38-6)25-11-12-26-32-27(19-29(34(25,26)5)41-22(3)36)33(4)15-14-24(42-31-9-7-8-16-39-31)17-23(33)18-28(32)40-21(2)35/h20,23-29,31-32H,7-19H2,1-6H3/t20-,23+,24-,25-,26+,27+,28-,29+,31?,32+,33+,34-/m1/s1. The van der Waals surface area contributed by atoms with Gasteiger partial charge in [0.25, 0.3) is 0 Å². The van der Waals surface area contributed by atoms with Gasteiger partial charge in [-0.2, -0.15) is 0 Å². The summed E-state index contributed by atoms with van der Waals surface area (Å²) in [6.07, 6.45) is 10.8. The molecule has 12 atom stereocenters. The van der Waals surface area contributed by atoms with Gasteiger partial charge in [-0.05, 0) is 106 Å². The fraction of sp³-hybridized carbons (Fsp3) is 0.912. The van der Waals surface area contributed by atoms with E-state index in [1.807, 2.05) is 0 Å². The third kappa shape index (κ3) is 6.00. The molecule has 1 saturated heterocycles. The van der Waals surface area contributed by atoms with Crippen molar-refractivity contribution in [2.24, 2.45) is 46.3 Å². The second-order valence-electron chi connectivity index (χ2n) is 14.7. The van der Waals surface area contributed by atoms with Gasteiger partial charge in [0.1, 0.15) is 12.2 Å². The molecule has 1 unspecified atom stereocenters. The highest BCUT2D eigenvalue weighted by Crippen LogP contribution is 2.69. The van der Waals surface area contributed by atoms with Crippen molar-refractivity contribution >= 4 is 17.9 Å². The Kier molecular flexibility index (Phi) is 9.63. The summed E-state index contributed by atoms with van der Waals surface area (Å²) in [6.45, 7) is 10.8. The molecule has 0 spiro atoms. The van der Waals surface area contributed by atoms with Gasteiger partial charge in [-0.3, -0.25) is 14.4 Å². The van der Waals surface area contributed by atoms with Gasteiger partial charge in [-0.25, -0.2) is 0 Å². The number of ether oxygens (including phenoxy) is 5. The van der Waals surface area contributed by atoms with Crippen LogP contribution in [0.5, 0.6) is 0 Å². The Morgan fingerprint density at radius 1 is 0.929 bits per heavy atom. The minimum absolute atomic E-state index is 0.0584. The molecule has 4 saturated carbocycles. The third-order valence-electron chi connectivity index (χ3n) is 12.6. The molecule has 5 fully saturated rings. The van der Waals surface area contributed by atoms with Gasteiger partial charge in [0.05, 0.1) is 13.2 Å². The average Bonchev–Trinajstić information content (AvgIpc) is 3.31. The summed E-state index contributed by atoms with van der Waals surface area (Å²) < 4.78 is 29.8. The second-order valence-corrected chi connectivity index (χ2v) is 14.7. The van der Waals surface area contributed by atoms with E-state index in [2.05, 4.69) is 20.8 Å². The maximum absolute atomic E-state index is 12.6. The summed E-state index contributed by atoms with van der Waals surface area (Å²) >= 11 is 0. The summed E-state index contributed by atoms with van der Waals surface area (Å²) in [5, 5.41) is 0. The van der Waals surface area contributed by atoms with Crippen LogP contribution in [0, 0.1) is 46.3 Å². The highest BCUT2D eigenvalue weighted by Gasteiger charge is 2.67. The molecule has 1 aliphatic heterocycles. The van der Waals surface area contributed by atoms with Gasteiger partial charge < -0.3 is 23.7 Å². The SMILES string of the molecule is COC(=O)CC[C@@H](C)[C@H]1CC[C@H]2[C@@H]3[C@H](OC(C)=O)C[C@@H]4C[C@H](OC5CCCCO5)CC[C@]4(C)[C@H]3C[C@H](OC(C)=O)[C@]12C. The third-order valence-corrected chi connectivity index (χ3v) is 12.6. The Morgan fingerprint density at radius 3 is 2.36 bits per heavy atom. The maximum atomic E-state index is 12.6. The molecule has 0 N–H and O–H groups in total. The van der Waals surface area contributed by atoms with Crippen LogP contribution in [-0.4, -0.2) is 56.2 Å². The van der Waals surface area contributed by atoms with Crippen molar-refractivity contribution in [1.82, 2.24) is 0 Å². The number of rotatable bonds is 8. The second kappa shape index (κ2) is 12.7. The molecule has 238 valence electrons. The molecule has 0 aromatic heterocycles. The quantitative estimate of drug-likeness (QED) is 0.186. The molecule has 42 heavy (non-hydrogen) atoms. The fourth-order valence-electron chi connectivity index (χ4n) is 10.6. The monoisotopic (exact) mass is 590 g/mol. The molecule has 8 heteroatoms. The molecular weight excluding hydrogens is 536 g/mol. The molecule has 0 aromatic rings. The Hall–Kier alpha value is -1.67. The first-order valence-corrected chi connectivity index (χ1v) is 16.7. The summed E-state index contributed by atoms with van der Waals surface area (Å²) in [5.74, 6) is 1.11. The Bertz CT molecular complexity index is 992. The van der Waals surface area contributed by atoms with Crippen molar-refractivity contribution in [2.45, 2.75) is 136 Å². The Balaban J connectivity index is 1.43. The van der Waals surface area contributed by atoms with E-state index >= 15 is 0 Å². The van der Waals surface area contributed by atoms with E-state index in [1.54, 1.807) is 0 Å². The first-order valence-electron chi connectivity index (χ1n) is 16.7. The summed E-state index contributed by atoms with van der Waals surface area (Å²) in [7, 11) is 1.44. The van der Waals surface area contributed by atoms with Gasteiger partial charge in [0, 0.05) is 38.2 Å². The topological polar surface area (TPSA) is 97.4 Å². The highest BCUT2D eigenvalue weighted by atomic mass is 16.7. The van der Waals surface area contributed by atoms with Crippen LogP contribution in [0.2, 0.25) is 0 Å². The first-order chi connectivity index (χ1) is 20.0. The van der Waals surface area contributed by atoms with Crippen molar-refractivity contribution in [3.8, 4) is 0 Å². The number of methoxy groups -OCH3 is 1. The summed E-state index contributed by atoms with van der Waals surface area (Å²) in [5.41, 5.74) is -0.189. The Labute approximate surface area is 252 Å². The predicted octanol–water partition coefficient (Wildman–Crippen LogP) is 6.23. The van der Waals surface area contributed by atoms with Crippen molar-refractivity contribution in [3.05, 3.63) is 0 Å². The van der Waals surface area contributed by atoms with Crippen LogP contribution in [0.1, 0.15) is 112 Å². The molecule has 8 nitrogen and oxygen atoms in total. The lowest BCUT2D eigenvalue weighted by molar-refractivity contribution is -0.238. The normalized spacial score (nSPS) is 43.7. The van der Waals surface area contributed by atoms with Crippen LogP contribution in [0.25, 0.3) is 0 Å². The molecule has 0 aromatic carbocycles. The van der Waals surface area contributed by atoms with Crippen molar-refractivity contribution in [1.29, 1.82) is 0 Å². The number of carbonyl (C=O) groups is 3. The zero-order chi connectivity index (χ0) is 30.2. The number of esters is 3. The van der Waals surface area contributed by atoms with E-state index in [0.29, 0.717) is 24.2 Å². The van der Waals surface area contributed by atoms with E-state index in [4.69, 9.17) is 23.7 Å². The minimum atomic E-state index is -0.247. The maximum Gasteiger partial charge on any atom is 0.305 e. The zero-order valence-corrected chi connectivity index (χ0v) is 26.7. The lowest BCUT2D eigenvalue weighted by Crippen LogP contribution is -2.63. The summed E-state index contributed by atoms with van der Waals surface area (Å²) in [4.78, 5) is 37.1. The van der Waals surface area contributed by atoms with Gasteiger partial charge in [-0.1, -0.05) is 20.8 Å².